The van der Waals surface area contributed by atoms with E-state index in [-0.39, 0.29) is 37.4 Å². The monoisotopic (exact) mass is 413 g/mol. The first kappa shape index (κ1) is 20.2. The van der Waals surface area contributed by atoms with Gasteiger partial charge in [0.2, 0.25) is 15.9 Å². The van der Waals surface area contributed by atoms with E-state index in [9.17, 15) is 27.2 Å². The van der Waals surface area contributed by atoms with Crippen LogP contribution in [0.25, 0.3) is 0 Å². The Hall–Kier alpha value is -2.53. The zero-order valence-corrected chi connectivity index (χ0v) is 15.8. The molecule has 3 amide bonds. The van der Waals surface area contributed by atoms with Gasteiger partial charge in [0, 0.05) is 32.1 Å². The number of nitrogens with zero attached hydrogens (tertiary/aromatic N) is 2. The number of carbonyl (C=O) groups is 3. The number of halogens is 1. The normalized spacial score (nSPS) is 18.5. The van der Waals surface area contributed by atoms with Gasteiger partial charge in [0.05, 0.1) is 0 Å². The summed E-state index contributed by atoms with van der Waals surface area (Å²) < 4.78 is 44.8. The summed E-state index contributed by atoms with van der Waals surface area (Å²) in [7, 11) is -4.04. The van der Waals surface area contributed by atoms with Gasteiger partial charge in [-0.15, -0.1) is 0 Å². The van der Waals surface area contributed by atoms with Gasteiger partial charge in [0.15, 0.2) is 6.61 Å². The fraction of sp³-hybridized carbons (Fsp3) is 0.471. The maximum atomic E-state index is 13.6. The highest BCUT2D eigenvalue weighted by Gasteiger charge is 2.38. The van der Waals surface area contributed by atoms with Crippen LogP contribution < -0.4 is 4.72 Å². The number of carbonyl (C=O) groups excluding carboxylic acids is 3. The molecule has 2 aliphatic heterocycles. The third-order valence-electron chi connectivity index (χ3n) is 4.72. The number of nitrogens with one attached hydrogen (secondary N) is 1. The summed E-state index contributed by atoms with van der Waals surface area (Å²) in [5.41, 5.74) is 0. The smallest absolute Gasteiger partial charge is 0.417 e. The van der Waals surface area contributed by atoms with E-state index in [4.69, 9.17) is 4.74 Å². The standard InChI is InChI=1S/C17H20FN3O6S/c18-13-3-1-2-4-14(13)28(25,26)19-8-5-15(22)20-9-6-12(7-10-20)21-16(23)11-27-17(21)24/h1-4,12,19H,5-11H2. The predicted molar refractivity (Wildman–Crippen MR) is 94.0 cm³/mol. The van der Waals surface area contributed by atoms with Crippen molar-refractivity contribution in [3.63, 3.8) is 0 Å². The minimum absolute atomic E-state index is 0.0803. The Morgan fingerprint density at radius 2 is 1.89 bits per heavy atom. The van der Waals surface area contributed by atoms with Crippen LogP contribution in [0.2, 0.25) is 0 Å². The molecular weight excluding hydrogens is 393 g/mol. The molecule has 28 heavy (non-hydrogen) atoms. The summed E-state index contributed by atoms with van der Waals surface area (Å²) in [6.45, 7) is 0.285. The molecule has 0 bridgehead atoms. The fourth-order valence-corrected chi connectivity index (χ4v) is 4.39. The number of imide groups is 1. The van der Waals surface area contributed by atoms with Crippen LogP contribution in [0.4, 0.5) is 9.18 Å². The molecule has 11 heteroatoms. The lowest BCUT2D eigenvalue weighted by molar-refractivity contribution is -0.133. The van der Waals surface area contributed by atoms with E-state index in [1.165, 1.54) is 12.1 Å². The number of sulfonamides is 1. The van der Waals surface area contributed by atoms with Crippen LogP contribution in [-0.4, -0.2) is 68.4 Å². The second kappa shape index (κ2) is 8.23. The van der Waals surface area contributed by atoms with Crippen molar-refractivity contribution in [2.75, 3.05) is 26.2 Å². The molecule has 152 valence electrons. The van der Waals surface area contributed by atoms with Crippen molar-refractivity contribution >= 4 is 27.9 Å². The van der Waals surface area contributed by atoms with Crippen LogP contribution in [0.5, 0.6) is 0 Å². The Labute approximate surface area is 161 Å². The van der Waals surface area contributed by atoms with Crippen molar-refractivity contribution in [2.45, 2.75) is 30.2 Å². The van der Waals surface area contributed by atoms with E-state index in [0.29, 0.717) is 25.9 Å². The zero-order chi connectivity index (χ0) is 20.3. The molecule has 2 fully saturated rings. The minimum Gasteiger partial charge on any atom is -0.439 e. The Balaban J connectivity index is 1.47. The molecule has 3 rings (SSSR count). The van der Waals surface area contributed by atoms with Crippen LogP contribution in [0, 0.1) is 5.82 Å². The molecule has 0 spiro atoms. The van der Waals surface area contributed by atoms with E-state index in [1.54, 1.807) is 4.90 Å². The van der Waals surface area contributed by atoms with Crippen molar-refractivity contribution in [1.82, 2.24) is 14.5 Å². The number of benzene rings is 1. The van der Waals surface area contributed by atoms with E-state index < -0.39 is 26.8 Å². The van der Waals surface area contributed by atoms with Gasteiger partial charge in [-0.05, 0) is 25.0 Å². The molecule has 1 aromatic carbocycles. The zero-order valence-electron chi connectivity index (χ0n) is 15.0. The first-order valence-corrected chi connectivity index (χ1v) is 10.3. The van der Waals surface area contributed by atoms with Crippen LogP contribution in [0.15, 0.2) is 29.2 Å². The molecule has 9 nitrogen and oxygen atoms in total. The van der Waals surface area contributed by atoms with Gasteiger partial charge < -0.3 is 9.64 Å². The average molecular weight is 413 g/mol. The van der Waals surface area contributed by atoms with Gasteiger partial charge in [-0.3, -0.25) is 9.59 Å². The van der Waals surface area contributed by atoms with Gasteiger partial charge >= 0.3 is 6.09 Å². The largest absolute Gasteiger partial charge is 0.439 e. The lowest BCUT2D eigenvalue weighted by Gasteiger charge is -2.34. The Kier molecular flexibility index (Phi) is 5.94. The second-order valence-corrected chi connectivity index (χ2v) is 8.24. The molecule has 0 saturated carbocycles. The van der Waals surface area contributed by atoms with E-state index in [2.05, 4.69) is 4.72 Å². The van der Waals surface area contributed by atoms with E-state index in [0.717, 1.165) is 17.0 Å². The van der Waals surface area contributed by atoms with Crippen molar-refractivity contribution < 1.29 is 31.9 Å². The van der Waals surface area contributed by atoms with Gasteiger partial charge in [-0.2, -0.15) is 0 Å². The van der Waals surface area contributed by atoms with Gasteiger partial charge in [-0.25, -0.2) is 27.2 Å². The number of amides is 3. The SMILES string of the molecule is O=C(CCNS(=O)(=O)c1ccccc1F)N1CCC(N2C(=O)COC2=O)CC1. The van der Waals surface area contributed by atoms with Crippen LogP contribution in [0.1, 0.15) is 19.3 Å². The molecule has 1 aromatic rings. The number of hydrogen-bond donors (Lipinski definition) is 1. The molecule has 0 unspecified atom stereocenters. The topological polar surface area (TPSA) is 113 Å². The van der Waals surface area contributed by atoms with Crippen molar-refractivity contribution in [2.24, 2.45) is 0 Å². The minimum atomic E-state index is -4.04. The maximum Gasteiger partial charge on any atom is 0.417 e. The quantitative estimate of drug-likeness (QED) is 0.725. The molecule has 0 atom stereocenters. The highest BCUT2D eigenvalue weighted by Crippen LogP contribution is 2.21. The Bertz CT molecular complexity index is 867. The number of hydrogen-bond acceptors (Lipinski definition) is 6. The number of cyclic esters (lactones) is 1. The van der Waals surface area contributed by atoms with Crippen LogP contribution >= 0.6 is 0 Å². The molecule has 2 heterocycles. The average Bonchev–Trinajstić information content (AvgIpc) is 3.00. The Morgan fingerprint density at radius 1 is 1.21 bits per heavy atom. The lowest BCUT2D eigenvalue weighted by Crippen LogP contribution is -2.48. The Morgan fingerprint density at radius 3 is 2.50 bits per heavy atom. The van der Waals surface area contributed by atoms with Gasteiger partial charge in [-0.1, -0.05) is 12.1 Å². The van der Waals surface area contributed by atoms with Crippen molar-refractivity contribution in [3.05, 3.63) is 30.1 Å². The molecule has 0 radical (unpaired) electrons. The first-order valence-electron chi connectivity index (χ1n) is 8.80. The van der Waals surface area contributed by atoms with Crippen molar-refractivity contribution in [3.8, 4) is 0 Å². The van der Waals surface area contributed by atoms with Gasteiger partial charge in [0.1, 0.15) is 10.7 Å². The highest BCUT2D eigenvalue weighted by molar-refractivity contribution is 7.89. The number of likely N-dealkylation sites (tertiary alicyclic amines) is 1. The van der Waals surface area contributed by atoms with Crippen LogP contribution in [-0.2, 0) is 24.3 Å². The molecule has 2 aliphatic rings. The summed E-state index contributed by atoms with van der Waals surface area (Å²) in [5.74, 6) is -1.50. The third kappa shape index (κ3) is 4.30. The van der Waals surface area contributed by atoms with Gasteiger partial charge in [0.25, 0.3) is 5.91 Å². The first-order chi connectivity index (χ1) is 13.3. The molecular formula is C17H20FN3O6S. The number of ether oxygens (including phenoxy) is 1. The molecule has 1 N–H and O–H groups in total. The highest BCUT2D eigenvalue weighted by atomic mass is 32.2. The van der Waals surface area contributed by atoms with Crippen molar-refractivity contribution in [1.29, 1.82) is 0 Å². The number of piperidine rings is 1. The summed E-state index contributed by atoms with van der Waals surface area (Å²) in [6, 6.07) is 4.69. The number of rotatable bonds is 6. The van der Waals surface area contributed by atoms with E-state index >= 15 is 0 Å². The molecule has 0 aliphatic carbocycles. The third-order valence-corrected chi connectivity index (χ3v) is 6.22. The summed E-state index contributed by atoms with van der Waals surface area (Å²) in [5, 5.41) is 0. The van der Waals surface area contributed by atoms with E-state index in [1.807, 2.05) is 0 Å². The fourth-order valence-electron chi connectivity index (χ4n) is 3.28. The predicted octanol–water partition coefficient (Wildman–Crippen LogP) is 0.464. The molecule has 0 aromatic heterocycles. The summed E-state index contributed by atoms with van der Waals surface area (Å²) >= 11 is 0. The summed E-state index contributed by atoms with van der Waals surface area (Å²) in [4.78, 5) is 37.7. The maximum absolute atomic E-state index is 13.6. The summed E-state index contributed by atoms with van der Waals surface area (Å²) in [6.07, 6.45) is 0.140. The van der Waals surface area contributed by atoms with Crippen LogP contribution in [0.3, 0.4) is 0 Å². The second-order valence-electron chi connectivity index (χ2n) is 6.51. The lowest BCUT2D eigenvalue weighted by atomic mass is 10.0. The molecule has 2 saturated heterocycles.